The standard InChI is InChI=1S/C12H12N2O3/c1-14-10-6-4-3-5-8(10)9(11(15)17-2)7-13-12(14)16/h3-7H,1-2H3,(H,13,16). The molecular weight excluding hydrogens is 220 g/mol. The number of nitrogens with one attached hydrogen (secondary N) is 1. The normalized spacial score (nSPS) is 14.4. The van der Waals surface area contributed by atoms with Crippen molar-refractivity contribution in [3.8, 4) is 0 Å². The number of rotatable bonds is 1. The molecule has 0 radical (unpaired) electrons. The number of hydrogen-bond acceptors (Lipinski definition) is 3. The molecule has 5 nitrogen and oxygen atoms in total. The van der Waals surface area contributed by atoms with Crippen LogP contribution in [0.5, 0.6) is 0 Å². The van der Waals surface area contributed by atoms with Gasteiger partial charge in [-0.25, -0.2) is 9.59 Å². The van der Waals surface area contributed by atoms with Crippen LogP contribution < -0.4 is 10.2 Å². The van der Waals surface area contributed by atoms with Crippen molar-refractivity contribution >= 4 is 23.3 Å². The Morgan fingerprint density at radius 3 is 2.76 bits per heavy atom. The number of benzene rings is 1. The van der Waals surface area contributed by atoms with Crippen molar-refractivity contribution in [3.05, 3.63) is 36.0 Å². The average molecular weight is 232 g/mol. The number of fused-ring (bicyclic) bond motifs is 1. The van der Waals surface area contributed by atoms with Gasteiger partial charge in [-0.2, -0.15) is 0 Å². The van der Waals surface area contributed by atoms with Gasteiger partial charge < -0.3 is 10.1 Å². The zero-order valence-electron chi connectivity index (χ0n) is 9.56. The fourth-order valence-electron chi connectivity index (χ4n) is 1.69. The Kier molecular flexibility index (Phi) is 2.82. The lowest BCUT2D eigenvalue weighted by atomic mass is 10.0. The van der Waals surface area contributed by atoms with E-state index in [1.54, 1.807) is 25.2 Å². The van der Waals surface area contributed by atoms with E-state index < -0.39 is 5.97 Å². The predicted molar refractivity (Wildman–Crippen MR) is 63.4 cm³/mol. The largest absolute Gasteiger partial charge is 0.465 e. The van der Waals surface area contributed by atoms with Gasteiger partial charge in [-0.1, -0.05) is 18.2 Å². The van der Waals surface area contributed by atoms with Crippen molar-refractivity contribution in [2.45, 2.75) is 0 Å². The van der Waals surface area contributed by atoms with Gasteiger partial charge in [0.1, 0.15) is 0 Å². The highest BCUT2D eigenvalue weighted by atomic mass is 16.5. The molecule has 1 aliphatic heterocycles. The van der Waals surface area contributed by atoms with Gasteiger partial charge in [-0.05, 0) is 6.07 Å². The van der Waals surface area contributed by atoms with Crippen molar-refractivity contribution in [1.29, 1.82) is 0 Å². The Morgan fingerprint density at radius 2 is 2.06 bits per heavy atom. The number of urea groups is 1. The van der Waals surface area contributed by atoms with Crippen molar-refractivity contribution in [2.75, 3.05) is 19.1 Å². The fourth-order valence-corrected chi connectivity index (χ4v) is 1.69. The lowest BCUT2D eigenvalue weighted by molar-refractivity contribution is -0.133. The summed E-state index contributed by atoms with van der Waals surface area (Å²) in [6.45, 7) is 0. The van der Waals surface area contributed by atoms with Crippen molar-refractivity contribution < 1.29 is 14.3 Å². The van der Waals surface area contributed by atoms with Crippen LogP contribution in [0.15, 0.2) is 30.5 Å². The Morgan fingerprint density at radius 1 is 1.35 bits per heavy atom. The molecule has 5 heteroatoms. The van der Waals surface area contributed by atoms with Gasteiger partial charge in [0.15, 0.2) is 0 Å². The molecular formula is C12H12N2O3. The van der Waals surface area contributed by atoms with Crippen LogP contribution in [0.25, 0.3) is 5.57 Å². The van der Waals surface area contributed by atoms with Crippen molar-refractivity contribution in [2.24, 2.45) is 0 Å². The molecule has 1 N–H and O–H groups in total. The van der Waals surface area contributed by atoms with Crippen LogP contribution in [-0.4, -0.2) is 26.2 Å². The first-order valence-corrected chi connectivity index (χ1v) is 5.07. The van der Waals surface area contributed by atoms with Gasteiger partial charge in [-0.3, -0.25) is 4.90 Å². The van der Waals surface area contributed by atoms with Crippen LogP contribution in [0.1, 0.15) is 5.56 Å². The maximum absolute atomic E-state index is 11.7. The lowest BCUT2D eigenvalue weighted by Gasteiger charge is -2.17. The highest BCUT2D eigenvalue weighted by molar-refractivity contribution is 6.20. The number of anilines is 1. The number of hydrogen-bond donors (Lipinski definition) is 1. The molecule has 2 amide bonds. The number of ether oxygens (including phenoxy) is 1. The molecule has 1 aromatic carbocycles. The molecule has 1 aromatic rings. The minimum Gasteiger partial charge on any atom is -0.465 e. The molecule has 0 spiro atoms. The Bertz CT molecular complexity index is 508. The summed E-state index contributed by atoms with van der Waals surface area (Å²) in [7, 11) is 2.95. The molecule has 0 saturated heterocycles. The van der Waals surface area contributed by atoms with Crippen molar-refractivity contribution in [3.63, 3.8) is 0 Å². The molecule has 0 unspecified atom stereocenters. The monoisotopic (exact) mass is 232 g/mol. The van der Waals surface area contributed by atoms with E-state index in [-0.39, 0.29) is 6.03 Å². The molecule has 1 aliphatic rings. The summed E-state index contributed by atoms with van der Waals surface area (Å²) in [5.74, 6) is -0.479. The zero-order valence-corrected chi connectivity index (χ0v) is 9.56. The highest BCUT2D eigenvalue weighted by Crippen LogP contribution is 2.28. The second kappa shape index (κ2) is 4.29. The van der Waals surface area contributed by atoms with Gasteiger partial charge in [0, 0.05) is 18.8 Å². The molecule has 0 saturated carbocycles. The van der Waals surface area contributed by atoms with Gasteiger partial charge >= 0.3 is 12.0 Å². The van der Waals surface area contributed by atoms with E-state index >= 15 is 0 Å². The topological polar surface area (TPSA) is 58.6 Å². The van der Waals surface area contributed by atoms with Crippen molar-refractivity contribution in [1.82, 2.24) is 5.32 Å². The lowest BCUT2D eigenvalue weighted by Crippen LogP contribution is -2.33. The fraction of sp³-hybridized carbons (Fsp3) is 0.167. The van der Waals surface area contributed by atoms with E-state index in [1.165, 1.54) is 18.2 Å². The second-order valence-corrected chi connectivity index (χ2v) is 3.58. The molecule has 88 valence electrons. The van der Waals surface area contributed by atoms with E-state index in [0.29, 0.717) is 16.8 Å². The first-order chi connectivity index (χ1) is 8.15. The summed E-state index contributed by atoms with van der Waals surface area (Å²) < 4.78 is 4.70. The quantitative estimate of drug-likeness (QED) is 0.744. The Balaban J connectivity index is 2.59. The third-order valence-electron chi connectivity index (χ3n) is 2.61. The first-order valence-electron chi connectivity index (χ1n) is 5.07. The van der Waals surface area contributed by atoms with E-state index in [1.807, 2.05) is 6.07 Å². The van der Waals surface area contributed by atoms with Gasteiger partial charge in [0.2, 0.25) is 0 Å². The van der Waals surface area contributed by atoms with E-state index in [9.17, 15) is 9.59 Å². The summed E-state index contributed by atoms with van der Waals surface area (Å²) in [4.78, 5) is 24.7. The smallest absolute Gasteiger partial charge is 0.340 e. The van der Waals surface area contributed by atoms with E-state index in [0.717, 1.165) is 0 Å². The molecule has 0 fully saturated rings. The number of carbonyl (C=O) groups is 2. The molecule has 0 atom stereocenters. The summed E-state index contributed by atoms with van der Waals surface area (Å²) in [6.07, 6.45) is 1.37. The minimum absolute atomic E-state index is 0.295. The molecule has 17 heavy (non-hydrogen) atoms. The number of methoxy groups -OCH3 is 1. The van der Waals surface area contributed by atoms with Crippen LogP contribution in [0.3, 0.4) is 0 Å². The molecule has 0 aromatic heterocycles. The van der Waals surface area contributed by atoms with E-state index in [2.05, 4.69) is 5.32 Å². The third kappa shape index (κ3) is 1.87. The van der Waals surface area contributed by atoms with Crippen LogP contribution >= 0.6 is 0 Å². The average Bonchev–Trinajstić information content (AvgIpc) is 2.49. The molecule has 0 bridgehead atoms. The number of para-hydroxylation sites is 1. The predicted octanol–water partition coefficient (Wildman–Crippen LogP) is 1.36. The molecule has 2 rings (SSSR count). The first kappa shape index (κ1) is 11.2. The highest BCUT2D eigenvalue weighted by Gasteiger charge is 2.23. The Hall–Kier alpha value is -2.30. The molecule has 1 heterocycles. The van der Waals surface area contributed by atoms with Crippen LogP contribution in [-0.2, 0) is 9.53 Å². The maximum Gasteiger partial charge on any atom is 0.340 e. The van der Waals surface area contributed by atoms with Crippen LogP contribution in [0.2, 0.25) is 0 Å². The SMILES string of the molecule is COC(=O)C1=CNC(=O)N(C)c2ccccc21. The van der Waals surface area contributed by atoms with Crippen LogP contribution in [0.4, 0.5) is 10.5 Å². The summed E-state index contributed by atoms with van der Waals surface area (Å²) in [6, 6.07) is 6.87. The summed E-state index contributed by atoms with van der Waals surface area (Å²) >= 11 is 0. The Labute approximate surface area is 98.7 Å². The molecule has 0 aliphatic carbocycles. The van der Waals surface area contributed by atoms with Gasteiger partial charge in [-0.15, -0.1) is 0 Å². The number of carbonyl (C=O) groups excluding carboxylic acids is 2. The summed E-state index contributed by atoms with van der Waals surface area (Å²) in [5, 5.41) is 2.53. The maximum atomic E-state index is 11.7. The van der Waals surface area contributed by atoms with E-state index in [4.69, 9.17) is 4.74 Å². The zero-order chi connectivity index (χ0) is 12.4. The number of esters is 1. The minimum atomic E-state index is -0.479. The number of nitrogens with zero attached hydrogens (tertiary/aromatic N) is 1. The van der Waals surface area contributed by atoms with Gasteiger partial charge in [0.05, 0.1) is 18.4 Å². The van der Waals surface area contributed by atoms with Gasteiger partial charge in [0.25, 0.3) is 0 Å². The number of amides is 2. The third-order valence-corrected chi connectivity index (χ3v) is 2.61. The van der Waals surface area contributed by atoms with Crippen LogP contribution in [0, 0.1) is 0 Å². The summed E-state index contributed by atoms with van der Waals surface area (Å²) in [5.41, 5.74) is 1.67. The second-order valence-electron chi connectivity index (χ2n) is 3.58.